The van der Waals surface area contributed by atoms with E-state index in [1.54, 1.807) is 0 Å². The molecule has 4 aromatic carbocycles. The summed E-state index contributed by atoms with van der Waals surface area (Å²) in [7, 11) is 0. The Morgan fingerprint density at radius 2 is 1.53 bits per heavy atom. The van der Waals surface area contributed by atoms with E-state index in [0.717, 1.165) is 33.3 Å². The lowest BCUT2D eigenvalue weighted by Crippen LogP contribution is -2.16. The van der Waals surface area contributed by atoms with Crippen LogP contribution in [-0.2, 0) is 5.41 Å². The largest absolute Gasteiger partial charge is 0.455 e. The Labute approximate surface area is 180 Å². The quantitative estimate of drug-likeness (QED) is 0.317. The van der Waals surface area contributed by atoms with E-state index in [0.29, 0.717) is 5.02 Å². The van der Waals surface area contributed by atoms with Crippen molar-refractivity contribution in [2.24, 2.45) is 0 Å². The van der Waals surface area contributed by atoms with E-state index < -0.39 is 0 Å². The summed E-state index contributed by atoms with van der Waals surface area (Å²) in [4.78, 5) is 0. The van der Waals surface area contributed by atoms with Crippen LogP contribution in [0.1, 0.15) is 25.0 Å². The number of nitrogens with one attached hydrogen (secondary N) is 1. The third kappa shape index (κ3) is 2.31. The predicted molar refractivity (Wildman–Crippen MR) is 126 cm³/mol. The van der Waals surface area contributed by atoms with Crippen LogP contribution >= 0.6 is 11.6 Å². The lowest BCUT2D eigenvalue weighted by atomic mass is 9.81. The minimum absolute atomic E-state index is 0.164. The van der Waals surface area contributed by atoms with Crippen LogP contribution in [0.25, 0.3) is 33.1 Å². The molecule has 0 saturated carbocycles. The van der Waals surface area contributed by atoms with Gasteiger partial charge in [-0.2, -0.15) is 0 Å². The Morgan fingerprint density at radius 3 is 2.40 bits per heavy atom. The number of anilines is 2. The molecular formula is C27H20ClNO. The molecule has 1 N–H and O–H groups in total. The monoisotopic (exact) mass is 409 g/mol. The van der Waals surface area contributed by atoms with Crippen LogP contribution in [0.5, 0.6) is 0 Å². The Hall–Kier alpha value is -3.23. The van der Waals surface area contributed by atoms with Crippen LogP contribution in [0.2, 0.25) is 5.02 Å². The molecule has 5 aromatic rings. The molecule has 1 heterocycles. The highest BCUT2D eigenvalue weighted by molar-refractivity contribution is 6.33. The number of benzene rings is 4. The fourth-order valence-corrected chi connectivity index (χ4v) is 5.14. The lowest BCUT2D eigenvalue weighted by Gasteiger charge is -2.25. The number of rotatable bonds is 2. The first kappa shape index (κ1) is 17.6. The van der Waals surface area contributed by atoms with Gasteiger partial charge in [-0.15, -0.1) is 0 Å². The minimum Gasteiger partial charge on any atom is -0.455 e. The van der Waals surface area contributed by atoms with Gasteiger partial charge in [0.05, 0.1) is 10.7 Å². The Kier molecular flexibility index (Phi) is 3.60. The smallest absolute Gasteiger partial charge is 0.143 e. The second kappa shape index (κ2) is 6.13. The van der Waals surface area contributed by atoms with Gasteiger partial charge in [0.25, 0.3) is 0 Å². The van der Waals surface area contributed by atoms with E-state index in [2.05, 4.69) is 61.6 Å². The van der Waals surface area contributed by atoms with Crippen molar-refractivity contribution < 1.29 is 4.42 Å². The van der Waals surface area contributed by atoms with Gasteiger partial charge in [-0.1, -0.05) is 80.0 Å². The fourth-order valence-electron chi connectivity index (χ4n) is 4.96. The average Bonchev–Trinajstić information content (AvgIpc) is 3.23. The van der Waals surface area contributed by atoms with Gasteiger partial charge in [0.2, 0.25) is 0 Å². The summed E-state index contributed by atoms with van der Waals surface area (Å²) in [5.41, 5.74) is 8.70. The summed E-state index contributed by atoms with van der Waals surface area (Å²) in [5.74, 6) is 0. The molecule has 0 fully saturated rings. The maximum absolute atomic E-state index is 6.43. The van der Waals surface area contributed by atoms with Crippen molar-refractivity contribution in [2.45, 2.75) is 19.3 Å². The maximum atomic E-state index is 6.43. The summed E-state index contributed by atoms with van der Waals surface area (Å²) in [6.45, 7) is 4.56. The molecule has 0 amide bonds. The van der Waals surface area contributed by atoms with Crippen molar-refractivity contribution in [1.82, 2.24) is 0 Å². The van der Waals surface area contributed by atoms with E-state index in [9.17, 15) is 0 Å². The molecule has 0 bridgehead atoms. The van der Waals surface area contributed by atoms with Gasteiger partial charge in [-0.25, -0.2) is 0 Å². The normalized spacial score (nSPS) is 14.1. The van der Waals surface area contributed by atoms with E-state index in [-0.39, 0.29) is 5.41 Å². The molecule has 1 aliphatic carbocycles. The molecule has 3 heteroatoms. The third-order valence-corrected chi connectivity index (χ3v) is 6.65. The van der Waals surface area contributed by atoms with E-state index >= 15 is 0 Å². The van der Waals surface area contributed by atoms with Crippen molar-refractivity contribution in [3.8, 4) is 11.1 Å². The zero-order chi connectivity index (χ0) is 20.5. The van der Waals surface area contributed by atoms with Crippen molar-refractivity contribution in [2.75, 3.05) is 5.32 Å². The Bertz CT molecular complexity index is 1460. The molecule has 0 atom stereocenters. The summed E-state index contributed by atoms with van der Waals surface area (Å²) >= 11 is 6.43. The molecule has 146 valence electrons. The molecule has 0 spiro atoms. The van der Waals surface area contributed by atoms with E-state index in [4.69, 9.17) is 16.0 Å². The molecule has 0 radical (unpaired) electrons. The summed E-state index contributed by atoms with van der Waals surface area (Å²) in [5, 5.41) is 6.61. The molecule has 0 unspecified atom stereocenters. The summed E-state index contributed by atoms with van der Waals surface area (Å²) in [6, 6.07) is 27.0. The van der Waals surface area contributed by atoms with Crippen molar-refractivity contribution in [1.29, 1.82) is 0 Å². The Morgan fingerprint density at radius 1 is 0.767 bits per heavy atom. The van der Waals surface area contributed by atoms with Gasteiger partial charge in [-0.05, 0) is 41.0 Å². The molecule has 0 saturated heterocycles. The van der Waals surface area contributed by atoms with Gasteiger partial charge >= 0.3 is 0 Å². The van der Waals surface area contributed by atoms with Gasteiger partial charge in [0.1, 0.15) is 11.2 Å². The van der Waals surface area contributed by atoms with Crippen LogP contribution in [0.15, 0.2) is 83.3 Å². The second-order valence-electron chi connectivity index (χ2n) is 8.42. The molecule has 2 nitrogen and oxygen atoms in total. The average molecular weight is 410 g/mol. The fraction of sp³-hybridized carbons (Fsp3) is 0.111. The van der Waals surface area contributed by atoms with Crippen LogP contribution in [0.4, 0.5) is 11.4 Å². The summed E-state index contributed by atoms with van der Waals surface area (Å²) in [6.07, 6.45) is 0. The molecule has 1 aromatic heterocycles. The number of fused-ring (bicyclic) bond motifs is 7. The number of hydrogen-bond donors (Lipinski definition) is 1. The van der Waals surface area contributed by atoms with Gasteiger partial charge in [-0.3, -0.25) is 0 Å². The number of halogens is 1. The van der Waals surface area contributed by atoms with Crippen LogP contribution < -0.4 is 5.32 Å². The first-order chi connectivity index (χ1) is 14.6. The van der Waals surface area contributed by atoms with Crippen molar-refractivity contribution >= 4 is 44.9 Å². The highest BCUT2D eigenvalue weighted by Gasteiger charge is 2.39. The lowest BCUT2D eigenvalue weighted by molar-refractivity contribution is 0.654. The van der Waals surface area contributed by atoms with Crippen LogP contribution in [0.3, 0.4) is 0 Å². The molecule has 0 aliphatic heterocycles. The number of hydrogen-bond acceptors (Lipinski definition) is 2. The first-order valence-electron chi connectivity index (χ1n) is 10.2. The van der Waals surface area contributed by atoms with E-state index in [1.807, 2.05) is 36.4 Å². The standard InChI is InChI=1S/C27H20ClNO/c1-27(2)19-15-14-17-16-8-3-6-13-23(16)30-26(17)24(19)18-9-7-12-22(25(18)27)29-21-11-5-4-10-20(21)28/h3-15,29H,1-2H3. The third-order valence-electron chi connectivity index (χ3n) is 6.32. The highest BCUT2D eigenvalue weighted by Crippen LogP contribution is 2.55. The molecular weight excluding hydrogens is 390 g/mol. The maximum Gasteiger partial charge on any atom is 0.143 e. The topological polar surface area (TPSA) is 25.2 Å². The zero-order valence-electron chi connectivity index (χ0n) is 16.8. The molecule has 6 rings (SSSR count). The van der Waals surface area contributed by atoms with Crippen molar-refractivity contribution in [3.63, 3.8) is 0 Å². The van der Waals surface area contributed by atoms with Crippen molar-refractivity contribution in [3.05, 3.63) is 95.0 Å². The molecule has 1 aliphatic rings. The SMILES string of the molecule is CC1(C)c2ccc3c(oc4ccccc43)c2-c2cccc(Nc3ccccc3Cl)c21. The van der Waals surface area contributed by atoms with Crippen LogP contribution in [-0.4, -0.2) is 0 Å². The summed E-state index contributed by atoms with van der Waals surface area (Å²) < 4.78 is 6.38. The zero-order valence-corrected chi connectivity index (χ0v) is 17.5. The second-order valence-corrected chi connectivity index (χ2v) is 8.83. The van der Waals surface area contributed by atoms with E-state index in [1.165, 1.54) is 22.3 Å². The predicted octanol–water partition coefficient (Wildman–Crippen LogP) is 8.29. The minimum atomic E-state index is -0.164. The van der Waals surface area contributed by atoms with Crippen LogP contribution in [0, 0.1) is 0 Å². The first-order valence-corrected chi connectivity index (χ1v) is 10.5. The highest BCUT2D eigenvalue weighted by atomic mass is 35.5. The molecule has 30 heavy (non-hydrogen) atoms. The van der Waals surface area contributed by atoms with Gasteiger partial charge in [0.15, 0.2) is 0 Å². The van der Waals surface area contributed by atoms with Gasteiger partial charge < -0.3 is 9.73 Å². The number of para-hydroxylation sites is 2. The number of furan rings is 1. The Balaban J connectivity index is 1.63. The van der Waals surface area contributed by atoms with Gasteiger partial charge in [0, 0.05) is 27.4 Å².